The molecule has 7 heteroatoms. The van der Waals surface area contributed by atoms with Gasteiger partial charge in [0.25, 0.3) is 11.6 Å². The van der Waals surface area contributed by atoms with Crippen molar-refractivity contribution in [3.63, 3.8) is 0 Å². The zero-order valence-electron chi connectivity index (χ0n) is 15.4. The van der Waals surface area contributed by atoms with Crippen LogP contribution in [0.2, 0.25) is 0 Å². The molecule has 2 spiro atoms. The summed E-state index contributed by atoms with van der Waals surface area (Å²) in [6.45, 7) is 4.71. The van der Waals surface area contributed by atoms with Crippen LogP contribution in [0.5, 0.6) is 0 Å². The molecule has 0 radical (unpaired) electrons. The second-order valence-corrected chi connectivity index (χ2v) is 7.55. The molecule has 0 N–H and O–H groups in total. The van der Waals surface area contributed by atoms with Gasteiger partial charge in [-0.25, -0.2) is 0 Å². The van der Waals surface area contributed by atoms with Gasteiger partial charge in [0.05, 0.1) is 0 Å². The van der Waals surface area contributed by atoms with Gasteiger partial charge in [-0.3, -0.25) is 0 Å². The molecule has 0 saturated carbocycles. The molecule has 27 heavy (non-hydrogen) atoms. The molecule has 0 aromatic rings. The van der Waals surface area contributed by atoms with Gasteiger partial charge in [-0.2, -0.15) is 0 Å². The summed E-state index contributed by atoms with van der Waals surface area (Å²) in [5.41, 5.74) is 2.15. The Kier molecular flexibility index (Phi) is 3.22. The topological polar surface area (TPSA) is 71.2 Å². The first-order valence-electron chi connectivity index (χ1n) is 9.69. The van der Waals surface area contributed by atoms with Crippen LogP contribution < -0.4 is 0 Å². The average molecular weight is 374 g/mol. The second kappa shape index (κ2) is 5.38. The molecule has 6 rings (SSSR count). The summed E-state index contributed by atoms with van der Waals surface area (Å²) in [6, 6.07) is 0. The largest absolute Gasteiger partial charge is 0.466 e. The Balaban J connectivity index is 1.33. The van der Waals surface area contributed by atoms with E-state index in [9.17, 15) is 0 Å². The molecule has 4 unspecified atom stereocenters. The highest BCUT2D eigenvalue weighted by molar-refractivity contribution is 5.47. The van der Waals surface area contributed by atoms with E-state index in [1.165, 1.54) is 0 Å². The highest BCUT2D eigenvalue weighted by Crippen LogP contribution is 2.59. The first-order valence-corrected chi connectivity index (χ1v) is 9.69. The molecule has 0 bridgehead atoms. The molecule has 4 fully saturated rings. The Morgan fingerprint density at radius 3 is 1.78 bits per heavy atom. The molecule has 0 aromatic carbocycles. The minimum atomic E-state index is -0.786. The number of allylic oxidation sites excluding steroid dienone is 4. The summed E-state index contributed by atoms with van der Waals surface area (Å²) in [5, 5.41) is 0. The minimum absolute atomic E-state index is 0.218. The van der Waals surface area contributed by atoms with Crippen LogP contribution in [-0.4, -0.2) is 37.4 Å². The van der Waals surface area contributed by atoms with Crippen LogP contribution >= 0.6 is 0 Å². The van der Waals surface area contributed by atoms with Crippen molar-refractivity contribution in [2.45, 2.75) is 63.3 Å². The van der Waals surface area contributed by atoms with E-state index in [4.69, 9.17) is 33.2 Å². The molecular formula is C20H22O7. The van der Waals surface area contributed by atoms with E-state index in [0.717, 1.165) is 59.9 Å². The molecule has 0 aromatic heterocycles. The number of hydrogen-bond donors (Lipinski definition) is 0. The summed E-state index contributed by atoms with van der Waals surface area (Å²) in [7, 11) is 0. The van der Waals surface area contributed by atoms with Crippen LogP contribution in [-0.2, 0) is 33.2 Å². The predicted molar refractivity (Wildman–Crippen MR) is 90.4 cm³/mol. The fourth-order valence-electron chi connectivity index (χ4n) is 4.49. The molecule has 4 aliphatic heterocycles. The Labute approximate surface area is 157 Å². The SMILES string of the molecule is CCCC1=C2OCOC23OC3C(OC2=CC(CCC)=C3OCOC34OC24)=C1. The quantitative estimate of drug-likeness (QED) is 0.662. The average Bonchev–Trinajstić information content (AvgIpc) is 3.43. The normalized spacial score (nSPS) is 40.2. The van der Waals surface area contributed by atoms with E-state index < -0.39 is 11.6 Å². The fourth-order valence-corrected chi connectivity index (χ4v) is 4.49. The van der Waals surface area contributed by atoms with E-state index >= 15 is 0 Å². The summed E-state index contributed by atoms with van der Waals surface area (Å²) in [5.74, 6) is 1.52. The molecule has 4 heterocycles. The van der Waals surface area contributed by atoms with Crippen LogP contribution in [0.4, 0.5) is 0 Å². The van der Waals surface area contributed by atoms with Crippen LogP contribution in [0.1, 0.15) is 39.5 Å². The molecular weight excluding hydrogens is 352 g/mol. The third-order valence-electron chi connectivity index (χ3n) is 5.76. The van der Waals surface area contributed by atoms with Crippen molar-refractivity contribution in [3.8, 4) is 0 Å². The van der Waals surface area contributed by atoms with E-state index in [0.29, 0.717) is 0 Å². The maximum Gasteiger partial charge on any atom is 0.266 e. The van der Waals surface area contributed by atoms with Crippen molar-refractivity contribution >= 4 is 0 Å². The lowest BCUT2D eigenvalue weighted by molar-refractivity contribution is -0.00763. The molecule has 2 aliphatic carbocycles. The zero-order chi connectivity index (χ0) is 18.2. The third-order valence-corrected chi connectivity index (χ3v) is 5.76. The Hall–Kier alpha value is -1.80. The van der Waals surface area contributed by atoms with Crippen LogP contribution in [0.3, 0.4) is 0 Å². The van der Waals surface area contributed by atoms with E-state index in [2.05, 4.69) is 13.8 Å². The number of rotatable bonds is 6. The van der Waals surface area contributed by atoms with Crippen molar-refractivity contribution in [3.05, 3.63) is 46.3 Å². The lowest BCUT2D eigenvalue weighted by Gasteiger charge is -2.20. The zero-order valence-corrected chi connectivity index (χ0v) is 15.4. The van der Waals surface area contributed by atoms with Crippen LogP contribution in [0.25, 0.3) is 0 Å². The summed E-state index contributed by atoms with van der Waals surface area (Å²) < 4.78 is 41.0. The van der Waals surface area contributed by atoms with Gasteiger partial charge in [0.15, 0.2) is 37.3 Å². The van der Waals surface area contributed by atoms with Gasteiger partial charge in [-0.05, 0) is 36.1 Å². The van der Waals surface area contributed by atoms with Gasteiger partial charge >= 0.3 is 0 Å². The Morgan fingerprint density at radius 1 is 0.852 bits per heavy atom. The highest BCUT2D eigenvalue weighted by atomic mass is 16.9. The van der Waals surface area contributed by atoms with Crippen LogP contribution in [0, 0.1) is 0 Å². The summed E-state index contributed by atoms with van der Waals surface area (Å²) in [4.78, 5) is 0. The van der Waals surface area contributed by atoms with Crippen LogP contribution in [0.15, 0.2) is 46.3 Å². The maximum absolute atomic E-state index is 6.33. The monoisotopic (exact) mass is 374 g/mol. The van der Waals surface area contributed by atoms with Crippen molar-refractivity contribution < 1.29 is 33.2 Å². The molecule has 6 aliphatic rings. The van der Waals surface area contributed by atoms with Crippen molar-refractivity contribution in [2.24, 2.45) is 0 Å². The van der Waals surface area contributed by atoms with E-state index in [1.54, 1.807) is 0 Å². The number of hydrogen-bond acceptors (Lipinski definition) is 7. The van der Waals surface area contributed by atoms with Crippen molar-refractivity contribution in [1.82, 2.24) is 0 Å². The van der Waals surface area contributed by atoms with Crippen molar-refractivity contribution in [1.29, 1.82) is 0 Å². The molecule has 4 atom stereocenters. The van der Waals surface area contributed by atoms with Gasteiger partial charge in [-0.1, -0.05) is 26.7 Å². The third kappa shape index (κ3) is 2.05. The smallest absolute Gasteiger partial charge is 0.266 e. The summed E-state index contributed by atoms with van der Waals surface area (Å²) >= 11 is 0. The fraction of sp³-hybridized carbons (Fsp3) is 0.600. The second-order valence-electron chi connectivity index (χ2n) is 7.55. The Bertz CT molecular complexity index is 769. The maximum atomic E-state index is 6.33. The van der Waals surface area contributed by atoms with Crippen molar-refractivity contribution in [2.75, 3.05) is 13.6 Å². The lowest BCUT2D eigenvalue weighted by Crippen LogP contribution is -2.25. The predicted octanol–water partition coefficient (Wildman–Crippen LogP) is 3.11. The number of epoxide rings is 2. The lowest BCUT2D eigenvalue weighted by atomic mass is 9.96. The highest BCUT2D eigenvalue weighted by Gasteiger charge is 2.73. The first-order chi connectivity index (χ1) is 13.2. The molecule has 0 amide bonds. The summed E-state index contributed by atoms with van der Waals surface area (Å²) in [6.07, 6.45) is 7.29. The molecule has 144 valence electrons. The van der Waals surface area contributed by atoms with Gasteiger partial charge in [0.2, 0.25) is 0 Å². The molecule has 4 saturated heterocycles. The number of ether oxygens (including phenoxy) is 7. The van der Waals surface area contributed by atoms with Gasteiger partial charge in [0, 0.05) is 0 Å². The van der Waals surface area contributed by atoms with Gasteiger partial charge in [0.1, 0.15) is 11.5 Å². The standard InChI is InChI=1S/C20H22O7/c1-3-5-11-7-13(17-19(26-17)15(11)21-9-23-19)25-14-8-12(6-4-2)16-20(18(14)27-20)24-10-22-16/h7-8,17-18H,3-6,9-10H2,1-2H3. The van der Waals surface area contributed by atoms with Gasteiger partial charge < -0.3 is 33.2 Å². The van der Waals surface area contributed by atoms with Gasteiger partial charge in [-0.15, -0.1) is 0 Å². The van der Waals surface area contributed by atoms with E-state index in [1.807, 2.05) is 12.2 Å². The first kappa shape index (κ1) is 16.2. The van der Waals surface area contributed by atoms with E-state index in [-0.39, 0.29) is 25.8 Å². The minimum Gasteiger partial charge on any atom is -0.466 e. The Morgan fingerprint density at radius 2 is 1.33 bits per heavy atom. The molecule has 7 nitrogen and oxygen atoms in total.